The molecule has 5 nitrogen and oxygen atoms in total. The minimum atomic E-state index is 0.211. The van der Waals surface area contributed by atoms with Gasteiger partial charge >= 0.3 is 0 Å². The first-order chi connectivity index (χ1) is 11.8. The first kappa shape index (κ1) is 15.7. The fourth-order valence-electron chi connectivity index (χ4n) is 2.80. The van der Waals surface area contributed by atoms with Crippen LogP contribution in [0.2, 0.25) is 5.15 Å². The van der Waals surface area contributed by atoms with Crippen LogP contribution < -0.4 is 10.1 Å². The lowest BCUT2D eigenvalue weighted by molar-refractivity contribution is 0.0680. The molecule has 1 aliphatic carbocycles. The van der Waals surface area contributed by atoms with Crippen molar-refractivity contribution >= 4 is 23.1 Å². The highest BCUT2D eigenvalue weighted by molar-refractivity contribution is 6.29. The summed E-state index contributed by atoms with van der Waals surface area (Å²) in [5.74, 6) is 2.83. The van der Waals surface area contributed by atoms with Crippen molar-refractivity contribution in [1.82, 2.24) is 9.97 Å². The summed E-state index contributed by atoms with van der Waals surface area (Å²) in [6.45, 7) is 1.43. The van der Waals surface area contributed by atoms with Crippen LogP contribution in [-0.2, 0) is 4.74 Å². The molecule has 1 N–H and O–H groups in total. The zero-order valence-corrected chi connectivity index (χ0v) is 14.1. The molecule has 1 saturated heterocycles. The second-order valence-electron chi connectivity index (χ2n) is 6.31. The molecule has 0 spiro atoms. The highest BCUT2D eigenvalue weighted by Gasteiger charge is 2.27. The van der Waals surface area contributed by atoms with Crippen molar-refractivity contribution in [3.8, 4) is 5.75 Å². The molecule has 0 bridgehead atoms. The number of benzene rings is 1. The summed E-state index contributed by atoms with van der Waals surface area (Å²) in [5.41, 5.74) is 0.913. The highest BCUT2D eigenvalue weighted by Crippen LogP contribution is 2.39. The van der Waals surface area contributed by atoms with Crippen LogP contribution in [0.25, 0.3) is 0 Å². The number of halogens is 1. The molecular weight excluding hydrogens is 326 g/mol. The molecule has 1 saturated carbocycles. The molecule has 4 rings (SSSR count). The maximum atomic E-state index is 6.11. The average molecular weight is 346 g/mol. The number of nitrogens with zero attached hydrogens (tertiary/aromatic N) is 2. The van der Waals surface area contributed by atoms with Crippen LogP contribution >= 0.6 is 11.6 Å². The second-order valence-corrected chi connectivity index (χ2v) is 6.69. The molecule has 126 valence electrons. The number of ether oxygens (including phenoxy) is 2. The molecule has 2 aromatic rings. The Hall–Kier alpha value is -1.85. The number of rotatable bonds is 6. The molecule has 1 atom stereocenters. The van der Waals surface area contributed by atoms with Crippen LogP contribution in [0, 0.1) is 0 Å². The Kier molecular flexibility index (Phi) is 4.54. The SMILES string of the molecule is Clc1cc(Nc2cccc(OCC3CCCO3)c2)nc(C2CC2)n1. The van der Waals surface area contributed by atoms with Crippen molar-refractivity contribution < 1.29 is 9.47 Å². The average Bonchev–Trinajstić information content (AvgIpc) is 3.29. The van der Waals surface area contributed by atoms with Gasteiger partial charge in [0.2, 0.25) is 0 Å². The summed E-state index contributed by atoms with van der Waals surface area (Å²) < 4.78 is 11.4. The standard InChI is InChI=1S/C18H20ClN3O2/c19-16-10-17(22-18(21-16)12-6-7-12)20-13-3-1-4-14(9-13)24-11-15-5-2-8-23-15/h1,3-4,9-10,12,15H,2,5-8,11H2,(H,20,21,22). The molecule has 2 heterocycles. The van der Waals surface area contributed by atoms with Gasteiger partial charge in [0.05, 0.1) is 6.10 Å². The van der Waals surface area contributed by atoms with E-state index in [2.05, 4.69) is 15.3 Å². The Labute approximate surface area is 146 Å². The minimum absolute atomic E-state index is 0.211. The fraction of sp³-hybridized carbons (Fsp3) is 0.444. The van der Waals surface area contributed by atoms with E-state index in [1.54, 1.807) is 6.07 Å². The molecule has 0 amide bonds. The molecule has 1 aliphatic heterocycles. The third kappa shape index (κ3) is 3.97. The van der Waals surface area contributed by atoms with Gasteiger partial charge in [0.15, 0.2) is 0 Å². The van der Waals surface area contributed by atoms with Crippen LogP contribution in [0.3, 0.4) is 0 Å². The van der Waals surface area contributed by atoms with Crippen LogP contribution in [0.15, 0.2) is 30.3 Å². The normalized spacial score (nSPS) is 20.1. The van der Waals surface area contributed by atoms with E-state index in [9.17, 15) is 0 Å². The maximum Gasteiger partial charge on any atom is 0.135 e. The van der Waals surface area contributed by atoms with E-state index in [0.29, 0.717) is 23.5 Å². The highest BCUT2D eigenvalue weighted by atomic mass is 35.5. The van der Waals surface area contributed by atoms with E-state index in [4.69, 9.17) is 21.1 Å². The molecule has 2 aliphatic rings. The Morgan fingerprint density at radius 2 is 2.12 bits per heavy atom. The smallest absolute Gasteiger partial charge is 0.135 e. The monoisotopic (exact) mass is 345 g/mol. The van der Waals surface area contributed by atoms with Crippen molar-refractivity contribution in [2.45, 2.75) is 37.7 Å². The summed E-state index contributed by atoms with van der Waals surface area (Å²) in [6, 6.07) is 9.58. The van der Waals surface area contributed by atoms with Crippen LogP contribution in [0.1, 0.15) is 37.4 Å². The number of nitrogens with one attached hydrogen (secondary N) is 1. The van der Waals surface area contributed by atoms with Gasteiger partial charge in [-0.05, 0) is 37.8 Å². The van der Waals surface area contributed by atoms with E-state index in [1.165, 1.54) is 0 Å². The van der Waals surface area contributed by atoms with Gasteiger partial charge in [-0.25, -0.2) is 9.97 Å². The maximum absolute atomic E-state index is 6.11. The Morgan fingerprint density at radius 3 is 2.92 bits per heavy atom. The Balaban J connectivity index is 1.43. The molecule has 0 radical (unpaired) electrons. The quantitative estimate of drug-likeness (QED) is 0.791. The fourth-order valence-corrected chi connectivity index (χ4v) is 2.99. The zero-order valence-electron chi connectivity index (χ0n) is 13.4. The lowest BCUT2D eigenvalue weighted by atomic mass is 10.2. The van der Waals surface area contributed by atoms with E-state index < -0.39 is 0 Å². The topological polar surface area (TPSA) is 56.3 Å². The summed E-state index contributed by atoms with van der Waals surface area (Å²) in [4.78, 5) is 8.87. The van der Waals surface area contributed by atoms with E-state index >= 15 is 0 Å². The molecule has 6 heteroatoms. The third-order valence-electron chi connectivity index (χ3n) is 4.22. The predicted octanol–water partition coefficient (Wildman–Crippen LogP) is 4.31. The number of hydrogen-bond donors (Lipinski definition) is 1. The largest absolute Gasteiger partial charge is 0.491 e. The van der Waals surface area contributed by atoms with Crippen LogP contribution in [-0.4, -0.2) is 29.3 Å². The second kappa shape index (κ2) is 6.95. The number of anilines is 2. The molecule has 2 fully saturated rings. The van der Waals surface area contributed by atoms with Gasteiger partial charge in [0.25, 0.3) is 0 Å². The van der Waals surface area contributed by atoms with E-state index in [-0.39, 0.29) is 6.10 Å². The lowest BCUT2D eigenvalue weighted by Gasteiger charge is -2.13. The molecule has 1 aromatic carbocycles. The van der Waals surface area contributed by atoms with Gasteiger partial charge in [-0.15, -0.1) is 0 Å². The van der Waals surface area contributed by atoms with Crippen molar-refractivity contribution in [2.75, 3.05) is 18.5 Å². The summed E-state index contributed by atoms with van der Waals surface area (Å²) in [7, 11) is 0. The van der Waals surface area contributed by atoms with E-state index in [1.807, 2.05) is 24.3 Å². The Morgan fingerprint density at radius 1 is 1.21 bits per heavy atom. The molecule has 1 unspecified atom stereocenters. The van der Waals surface area contributed by atoms with Gasteiger partial charge in [0.1, 0.15) is 29.2 Å². The van der Waals surface area contributed by atoms with Gasteiger partial charge in [-0.2, -0.15) is 0 Å². The van der Waals surface area contributed by atoms with Gasteiger partial charge < -0.3 is 14.8 Å². The van der Waals surface area contributed by atoms with Crippen molar-refractivity contribution in [3.63, 3.8) is 0 Å². The van der Waals surface area contributed by atoms with Crippen molar-refractivity contribution in [2.24, 2.45) is 0 Å². The van der Waals surface area contributed by atoms with E-state index in [0.717, 1.165) is 49.6 Å². The zero-order chi connectivity index (χ0) is 16.4. The predicted molar refractivity (Wildman–Crippen MR) is 93.2 cm³/mol. The van der Waals surface area contributed by atoms with Gasteiger partial charge in [-0.1, -0.05) is 17.7 Å². The van der Waals surface area contributed by atoms with Crippen molar-refractivity contribution in [1.29, 1.82) is 0 Å². The number of hydrogen-bond acceptors (Lipinski definition) is 5. The number of aromatic nitrogens is 2. The minimum Gasteiger partial charge on any atom is -0.491 e. The molecule has 24 heavy (non-hydrogen) atoms. The summed E-state index contributed by atoms with van der Waals surface area (Å²) in [5, 5.41) is 3.76. The third-order valence-corrected chi connectivity index (χ3v) is 4.41. The van der Waals surface area contributed by atoms with Gasteiger partial charge in [-0.3, -0.25) is 0 Å². The Bertz CT molecular complexity index is 715. The summed E-state index contributed by atoms with van der Waals surface area (Å²) in [6.07, 6.45) is 4.69. The van der Waals surface area contributed by atoms with Crippen LogP contribution in [0.5, 0.6) is 5.75 Å². The van der Waals surface area contributed by atoms with Gasteiger partial charge in [0, 0.05) is 30.3 Å². The summed E-state index contributed by atoms with van der Waals surface area (Å²) >= 11 is 6.11. The first-order valence-corrected chi connectivity index (χ1v) is 8.80. The lowest BCUT2D eigenvalue weighted by Crippen LogP contribution is -2.16. The van der Waals surface area contributed by atoms with Crippen LogP contribution in [0.4, 0.5) is 11.5 Å². The molecular formula is C18H20ClN3O2. The van der Waals surface area contributed by atoms with Crippen molar-refractivity contribution in [3.05, 3.63) is 41.3 Å². The first-order valence-electron chi connectivity index (χ1n) is 8.42. The molecule has 1 aromatic heterocycles.